The highest BCUT2D eigenvalue weighted by molar-refractivity contribution is 6.04. The number of imide groups is 1. The number of aliphatic imine (C=N–C) groups is 1. The number of nitrogens with one attached hydrogen (secondary N) is 1. The van der Waals surface area contributed by atoms with Crippen LogP contribution in [0.15, 0.2) is 96.0 Å². The number of nitrogens with zero attached hydrogens (tertiary/aromatic N) is 4. The number of carbonyl (C=O) groups excluding carboxylic acids is 2. The van der Waals surface area contributed by atoms with Crippen molar-refractivity contribution in [3.63, 3.8) is 0 Å². The Kier molecular flexibility index (Phi) is 5.99. The standard InChI is InChI=1S/C27H27N5O2/c1-30-24-23(25(33)32(27(30)34)19-22-15-9-4-10-16-22)31(18-21-13-7-3-8-14-21)26(29-24)28-17-20-11-5-2-6-12-20/h2-16,23-24H,17-19H2,1H3,(H,28,29). The Bertz CT molecular complexity index is 1180. The third kappa shape index (κ3) is 4.24. The monoisotopic (exact) mass is 453 g/mol. The molecule has 172 valence electrons. The first-order valence-electron chi connectivity index (χ1n) is 11.4. The summed E-state index contributed by atoms with van der Waals surface area (Å²) in [5, 5.41) is 3.36. The second kappa shape index (κ2) is 9.39. The van der Waals surface area contributed by atoms with Crippen molar-refractivity contribution in [3.05, 3.63) is 108 Å². The van der Waals surface area contributed by atoms with E-state index in [1.807, 2.05) is 95.9 Å². The molecule has 0 radical (unpaired) electrons. The lowest BCUT2D eigenvalue weighted by molar-refractivity contribution is -0.138. The van der Waals surface area contributed by atoms with Crippen LogP contribution in [0.4, 0.5) is 4.79 Å². The van der Waals surface area contributed by atoms with Crippen LogP contribution in [0, 0.1) is 0 Å². The number of urea groups is 1. The van der Waals surface area contributed by atoms with Gasteiger partial charge in [-0.15, -0.1) is 0 Å². The highest BCUT2D eigenvalue weighted by Crippen LogP contribution is 2.28. The molecule has 2 heterocycles. The Morgan fingerprint density at radius 1 is 0.765 bits per heavy atom. The Morgan fingerprint density at radius 3 is 1.88 bits per heavy atom. The van der Waals surface area contributed by atoms with E-state index in [1.54, 1.807) is 11.9 Å². The van der Waals surface area contributed by atoms with E-state index in [4.69, 9.17) is 4.99 Å². The lowest BCUT2D eigenvalue weighted by Gasteiger charge is -2.41. The molecular weight excluding hydrogens is 426 g/mol. The zero-order valence-electron chi connectivity index (χ0n) is 19.0. The Hall–Kier alpha value is -4.13. The van der Waals surface area contributed by atoms with Gasteiger partial charge in [-0.25, -0.2) is 9.79 Å². The maximum absolute atomic E-state index is 13.7. The quantitative estimate of drug-likeness (QED) is 0.621. The lowest BCUT2D eigenvalue weighted by atomic mass is 10.1. The molecule has 2 aliphatic rings. The third-order valence-corrected chi connectivity index (χ3v) is 6.29. The smallest absolute Gasteiger partial charge is 0.328 e. The van der Waals surface area contributed by atoms with Gasteiger partial charge in [0.1, 0.15) is 6.17 Å². The first kappa shape index (κ1) is 21.7. The van der Waals surface area contributed by atoms with Gasteiger partial charge in [-0.2, -0.15) is 0 Å². The molecule has 2 fully saturated rings. The summed E-state index contributed by atoms with van der Waals surface area (Å²) in [5.74, 6) is 0.405. The van der Waals surface area contributed by atoms with E-state index in [-0.39, 0.29) is 18.5 Å². The zero-order valence-corrected chi connectivity index (χ0v) is 19.0. The van der Waals surface area contributed by atoms with Gasteiger partial charge in [-0.3, -0.25) is 9.69 Å². The van der Waals surface area contributed by atoms with Crippen LogP contribution < -0.4 is 5.32 Å². The van der Waals surface area contributed by atoms with Crippen molar-refractivity contribution < 1.29 is 9.59 Å². The summed E-state index contributed by atoms with van der Waals surface area (Å²) < 4.78 is 0. The predicted molar refractivity (Wildman–Crippen MR) is 130 cm³/mol. The third-order valence-electron chi connectivity index (χ3n) is 6.29. The summed E-state index contributed by atoms with van der Waals surface area (Å²) in [4.78, 5) is 36.7. The number of carbonyl (C=O) groups is 2. The highest BCUT2D eigenvalue weighted by Gasteiger charge is 2.53. The van der Waals surface area contributed by atoms with Crippen molar-refractivity contribution in [1.29, 1.82) is 0 Å². The SMILES string of the molecule is CN1C(=O)N(Cc2ccccc2)C(=O)C2C1NC(=NCc1ccccc1)N2Cc1ccccc1. The van der Waals surface area contributed by atoms with E-state index in [2.05, 4.69) is 5.32 Å². The van der Waals surface area contributed by atoms with Crippen LogP contribution in [0.25, 0.3) is 0 Å². The fraction of sp³-hybridized carbons (Fsp3) is 0.222. The molecule has 7 heteroatoms. The van der Waals surface area contributed by atoms with E-state index in [9.17, 15) is 9.59 Å². The summed E-state index contributed by atoms with van der Waals surface area (Å²) in [6, 6.07) is 28.7. The molecular formula is C27H27N5O2. The van der Waals surface area contributed by atoms with Crippen molar-refractivity contribution in [1.82, 2.24) is 20.0 Å². The molecule has 1 N–H and O–H groups in total. The van der Waals surface area contributed by atoms with Gasteiger partial charge in [-0.1, -0.05) is 91.0 Å². The predicted octanol–water partition coefficient (Wildman–Crippen LogP) is 3.44. The van der Waals surface area contributed by atoms with Gasteiger partial charge in [0, 0.05) is 13.6 Å². The first-order valence-corrected chi connectivity index (χ1v) is 11.4. The zero-order chi connectivity index (χ0) is 23.5. The van der Waals surface area contributed by atoms with Crippen molar-refractivity contribution in [2.24, 2.45) is 4.99 Å². The molecule has 2 aliphatic heterocycles. The maximum Gasteiger partial charge on any atom is 0.328 e. The number of hydrogen-bond acceptors (Lipinski definition) is 3. The minimum absolute atomic E-state index is 0.217. The van der Waals surface area contributed by atoms with Crippen molar-refractivity contribution in [2.45, 2.75) is 31.8 Å². The number of rotatable bonds is 6. The maximum atomic E-state index is 13.7. The molecule has 2 unspecified atom stereocenters. The summed E-state index contributed by atoms with van der Waals surface area (Å²) in [6.07, 6.45) is -0.481. The molecule has 0 aliphatic carbocycles. The highest BCUT2D eigenvalue weighted by atomic mass is 16.2. The average molecular weight is 454 g/mol. The van der Waals surface area contributed by atoms with Gasteiger partial charge in [0.2, 0.25) is 0 Å². The van der Waals surface area contributed by atoms with Gasteiger partial charge >= 0.3 is 6.03 Å². The number of guanidine groups is 1. The average Bonchev–Trinajstić information content (AvgIpc) is 3.24. The Morgan fingerprint density at radius 2 is 1.29 bits per heavy atom. The molecule has 0 saturated carbocycles. The van der Waals surface area contributed by atoms with E-state index in [0.717, 1.165) is 16.7 Å². The van der Waals surface area contributed by atoms with Crippen LogP contribution in [-0.4, -0.2) is 51.9 Å². The van der Waals surface area contributed by atoms with Crippen molar-refractivity contribution in [2.75, 3.05) is 7.05 Å². The summed E-state index contributed by atoms with van der Waals surface area (Å²) >= 11 is 0. The van der Waals surface area contributed by atoms with Gasteiger partial charge in [-0.05, 0) is 16.7 Å². The number of fused-ring (bicyclic) bond motifs is 1. The number of likely N-dealkylation sites (N-methyl/N-ethyl adjacent to an activating group) is 1. The molecule has 2 atom stereocenters. The second-order valence-electron chi connectivity index (χ2n) is 8.58. The van der Waals surface area contributed by atoms with Crippen LogP contribution in [0.5, 0.6) is 0 Å². The van der Waals surface area contributed by atoms with Crippen molar-refractivity contribution in [3.8, 4) is 0 Å². The molecule has 3 amide bonds. The fourth-order valence-electron chi connectivity index (χ4n) is 4.49. The van der Waals surface area contributed by atoms with Crippen LogP contribution in [0.1, 0.15) is 16.7 Å². The van der Waals surface area contributed by atoms with Gasteiger partial charge in [0.05, 0.1) is 13.1 Å². The summed E-state index contributed by atoms with van der Waals surface area (Å²) in [6.45, 7) is 1.23. The molecule has 0 aromatic heterocycles. The van der Waals surface area contributed by atoms with Gasteiger partial charge < -0.3 is 15.1 Å². The Labute approximate surface area is 199 Å². The van der Waals surface area contributed by atoms with E-state index >= 15 is 0 Å². The minimum atomic E-state index is -0.568. The van der Waals surface area contributed by atoms with Crippen LogP contribution in [0.2, 0.25) is 0 Å². The van der Waals surface area contributed by atoms with Crippen LogP contribution in [-0.2, 0) is 24.4 Å². The van der Waals surface area contributed by atoms with Crippen LogP contribution in [0.3, 0.4) is 0 Å². The van der Waals surface area contributed by atoms with Gasteiger partial charge in [0.25, 0.3) is 5.91 Å². The van der Waals surface area contributed by atoms with Gasteiger partial charge in [0.15, 0.2) is 12.0 Å². The minimum Gasteiger partial charge on any atom is -0.333 e. The number of hydrogen-bond donors (Lipinski definition) is 1. The molecule has 5 rings (SSSR count). The molecule has 3 aromatic carbocycles. The van der Waals surface area contributed by atoms with E-state index in [1.165, 1.54) is 4.90 Å². The Balaban J connectivity index is 1.47. The van der Waals surface area contributed by atoms with E-state index in [0.29, 0.717) is 19.0 Å². The molecule has 3 aromatic rings. The largest absolute Gasteiger partial charge is 0.333 e. The normalized spacial score (nSPS) is 21.1. The van der Waals surface area contributed by atoms with Crippen molar-refractivity contribution >= 4 is 17.9 Å². The summed E-state index contributed by atoms with van der Waals surface area (Å²) in [7, 11) is 1.73. The first-order chi connectivity index (χ1) is 16.6. The van der Waals surface area contributed by atoms with Crippen LogP contribution >= 0.6 is 0 Å². The number of benzene rings is 3. The fourth-order valence-corrected chi connectivity index (χ4v) is 4.49. The molecule has 34 heavy (non-hydrogen) atoms. The molecule has 7 nitrogen and oxygen atoms in total. The second-order valence-corrected chi connectivity index (χ2v) is 8.58. The topological polar surface area (TPSA) is 68.2 Å². The lowest BCUT2D eigenvalue weighted by Crippen LogP contribution is -2.65. The molecule has 0 spiro atoms. The molecule has 0 bridgehead atoms. The molecule has 2 saturated heterocycles. The summed E-state index contributed by atoms with van der Waals surface area (Å²) in [5.41, 5.74) is 3.06. The number of amides is 3. The van der Waals surface area contributed by atoms with E-state index < -0.39 is 12.2 Å².